The molecule has 2 aromatic rings. The molecule has 1 aromatic heterocycles. The van der Waals surface area contributed by atoms with Crippen molar-refractivity contribution in [1.29, 1.82) is 0 Å². The van der Waals surface area contributed by atoms with Gasteiger partial charge in [-0.25, -0.2) is 4.98 Å². The Morgan fingerprint density at radius 1 is 1.04 bits per heavy atom. The Balaban J connectivity index is 1.49. The first-order valence-corrected chi connectivity index (χ1v) is 8.83. The van der Waals surface area contributed by atoms with Gasteiger partial charge in [0.25, 0.3) is 5.91 Å². The predicted octanol–water partition coefficient (Wildman–Crippen LogP) is 2.83. The van der Waals surface area contributed by atoms with E-state index in [2.05, 4.69) is 9.88 Å². The molecule has 0 spiro atoms. The van der Waals surface area contributed by atoms with Crippen molar-refractivity contribution in [2.75, 3.05) is 31.1 Å². The van der Waals surface area contributed by atoms with E-state index >= 15 is 0 Å². The monoisotopic (exact) mass is 355 g/mol. The summed E-state index contributed by atoms with van der Waals surface area (Å²) >= 11 is 6.21. The lowest BCUT2D eigenvalue weighted by Gasteiger charge is -2.36. The van der Waals surface area contributed by atoms with Crippen molar-refractivity contribution in [2.24, 2.45) is 0 Å². The van der Waals surface area contributed by atoms with Gasteiger partial charge >= 0.3 is 0 Å². The largest absolute Gasteiger partial charge is 0.352 e. The molecule has 2 heterocycles. The van der Waals surface area contributed by atoms with E-state index in [1.54, 1.807) is 12.3 Å². The third-order valence-corrected chi connectivity index (χ3v) is 5.21. The Morgan fingerprint density at radius 3 is 2.60 bits per heavy atom. The van der Waals surface area contributed by atoms with E-state index in [9.17, 15) is 9.59 Å². The van der Waals surface area contributed by atoms with Crippen LogP contribution in [0.25, 0.3) is 0 Å². The molecule has 0 bridgehead atoms. The number of rotatable bonds is 2. The zero-order valence-electron chi connectivity index (χ0n) is 13.7. The van der Waals surface area contributed by atoms with E-state index in [1.807, 2.05) is 29.2 Å². The Labute approximate surface area is 151 Å². The highest BCUT2D eigenvalue weighted by Gasteiger charge is 2.29. The zero-order chi connectivity index (χ0) is 17.4. The number of ketones is 1. The minimum Gasteiger partial charge on any atom is -0.352 e. The number of halogens is 1. The lowest BCUT2D eigenvalue weighted by molar-refractivity contribution is 0.0745. The molecule has 0 radical (unpaired) electrons. The van der Waals surface area contributed by atoms with Crippen LogP contribution in [0.4, 0.5) is 5.82 Å². The SMILES string of the molecule is O=C1CCc2c1cccc2C(=O)N1CCN(c2ncccc2Cl)CC1. The third-order valence-electron chi connectivity index (χ3n) is 4.91. The molecular weight excluding hydrogens is 338 g/mol. The number of hydrogen-bond acceptors (Lipinski definition) is 4. The van der Waals surface area contributed by atoms with E-state index in [1.165, 1.54) is 0 Å². The van der Waals surface area contributed by atoms with Crippen LogP contribution in [0.3, 0.4) is 0 Å². The number of pyridine rings is 1. The molecule has 6 heteroatoms. The van der Waals surface area contributed by atoms with Crippen molar-refractivity contribution in [3.05, 3.63) is 58.2 Å². The molecule has 1 amide bonds. The molecule has 0 N–H and O–H groups in total. The first kappa shape index (κ1) is 16.1. The number of Topliss-reactive ketones (excluding diaryl/α,β-unsaturated/α-hetero) is 1. The number of anilines is 1. The van der Waals surface area contributed by atoms with Crippen LogP contribution >= 0.6 is 11.6 Å². The van der Waals surface area contributed by atoms with Crippen LogP contribution in [0.5, 0.6) is 0 Å². The van der Waals surface area contributed by atoms with Gasteiger partial charge in [0.2, 0.25) is 0 Å². The highest BCUT2D eigenvalue weighted by atomic mass is 35.5. The molecule has 1 saturated heterocycles. The van der Waals surface area contributed by atoms with Crippen molar-refractivity contribution in [3.8, 4) is 0 Å². The summed E-state index contributed by atoms with van der Waals surface area (Å²) in [6.07, 6.45) is 2.90. The van der Waals surface area contributed by atoms with Crippen molar-refractivity contribution in [3.63, 3.8) is 0 Å². The smallest absolute Gasteiger partial charge is 0.254 e. The van der Waals surface area contributed by atoms with Gasteiger partial charge in [0.1, 0.15) is 5.82 Å². The summed E-state index contributed by atoms with van der Waals surface area (Å²) in [6, 6.07) is 9.10. The quantitative estimate of drug-likeness (QED) is 0.831. The minimum absolute atomic E-state index is 0.0123. The van der Waals surface area contributed by atoms with E-state index < -0.39 is 0 Å². The minimum atomic E-state index is 0.0123. The van der Waals surface area contributed by atoms with Crippen LogP contribution in [-0.4, -0.2) is 47.8 Å². The number of aromatic nitrogens is 1. The summed E-state index contributed by atoms with van der Waals surface area (Å²) in [4.78, 5) is 33.1. The molecule has 2 aliphatic rings. The van der Waals surface area contributed by atoms with Gasteiger partial charge in [0.05, 0.1) is 5.02 Å². The number of piperazine rings is 1. The van der Waals surface area contributed by atoms with E-state index in [0.717, 1.165) is 11.4 Å². The zero-order valence-corrected chi connectivity index (χ0v) is 14.5. The molecule has 1 aromatic carbocycles. The molecule has 1 aliphatic heterocycles. The second-order valence-electron chi connectivity index (χ2n) is 6.34. The predicted molar refractivity (Wildman–Crippen MR) is 96.5 cm³/mol. The highest BCUT2D eigenvalue weighted by Crippen LogP contribution is 2.27. The Hall–Kier alpha value is -2.40. The second kappa shape index (κ2) is 6.48. The van der Waals surface area contributed by atoms with Crippen LogP contribution in [0, 0.1) is 0 Å². The number of fused-ring (bicyclic) bond motifs is 1. The van der Waals surface area contributed by atoms with E-state index in [4.69, 9.17) is 11.6 Å². The Morgan fingerprint density at radius 2 is 1.84 bits per heavy atom. The first-order valence-electron chi connectivity index (χ1n) is 8.45. The van der Waals surface area contributed by atoms with E-state index in [-0.39, 0.29) is 11.7 Å². The fraction of sp³-hybridized carbons (Fsp3) is 0.316. The number of carbonyl (C=O) groups is 2. The summed E-state index contributed by atoms with van der Waals surface area (Å²) in [5.41, 5.74) is 2.30. The van der Waals surface area contributed by atoms with Gasteiger partial charge in [0, 0.05) is 49.9 Å². The summed E-state index contributed by atoms with van der Waals surface area (Å²) in [5, 5.41) is 0.627. The van der Waals surface area contributed by atoms with Crippen molar-refractivity contribution < 1.29 is 9.59 Å². The molecule has 0 atom stereocenters. The van der Waals surface area contributed by atoms with Gasteiger partial charge in [-0.3, -0.25) is 9.59 Å². The van der Waals surface area contributed by atoms with Gasteiger partial charge in [-0.05, 0) is 30.2 Å². The highest BCUT2D eigenvalue weighted by molar-refractivity contribution is 6.32. The second-order valence-corrected chi connectivity index (χ2v) is 6.75. The summed E-state index contributed by atoms with van der Waals surface area (Å²) in [6.45, 7) is 2.61. The fourth-order valence-electron chi connectivity index (χ4n) is 3.59. The maximum Gasteiger partial charge on any atom is 0.254 e. The summed E-state index contributed by atoms with van der Waals surface area (Å²) in [5.74, 6) is 0.917. The van der Waals surface area contributed by atoms with Gasteiger partial charge in [-0.1, -0.05) is 23.7 Å². The van der Waals surface area contributed by atoms with Crippen molar-refractivity contribution >= 4 is 29.1 Å². The molecule has 128 valence electrons. The summed E-state index contributed by atoms with van der Waals surface area (Å²) in [7, 11) is 0. The Kier molecular flexibility index (Phi) is 4.17. The molecule has 0 unspecified atom stereocenters. The Bertz CT molecular complexity index is 844. The van der Waals surface area contributed by atoms with Crippen molar-refractivity contribution in [2.45, 2.75) is 12.8 Å². The number of carbonyl (C=O) groups excluding carboxylic acids is 2. The van der Waals surface area contributed by atoms with Gasteiger partial charge in [0.15, 0.2) is 5.78 Å². The summed E-state index contributed by atoms with van der Waals surface area (Å²) < 4.78 is 0. The number of nitrogens with zero attached hydrogens (tertiary/aromatic N) is 3. The number of amides is 1. The maximum atomic E-state index is 12.9. The fourth-order valence-corrected chi connectivity index (χ4v) is 3.83. The molecular formula is C19H18ClN3O2. The molecule has 25 heavy (non-hydrogen) atoms. The first-order chi connectivity index (χ1) is 12.1. The van der Waals surface area contributed by atoms with Crippen LogP contribution in [0.2, 0.25) is 5.02 Å². The maximum absolute atomic E-state index is 12.9. The van der Waals surface area contributed by atoms with Crippen molar-refractivity contribution in [1.82, 2.24) is 9.88 Å². The average molecular weight is 356 g/mol. The number of benzene rings is 1. The van der Waals surface area contributed by atoms with Gasteiger partial charge < -0.3 is 9.80 Å². The van der Waals surface area contributed by atoms with Crippen LogP contribution in [0.15, 0.2) is 36.5 Å². The standard InChI is InChI=1S/C19H18ClN3O2/c20-16-5-2-8-21-18(16)22-9-11-23(12-10-22)19(25)15-4-1-3-14-13(15)6-7-17(14)24/h1-5,8H,6-7,9-12H2. The molecule has 1 aliphatic carbocycles. The third kappa shape index (κ3) is 2.89. The normalized spacial score (nSPS) is 16.9. The lowest BCUT2D eigenvalue weighted by atomic mass is 10.0. The number of hydrogen-bond donors (Lipinski definition) is 0. The molecule has 0 saturated carbocycles. The van der Waals surface area contributed by atoms with E-state index in [0.29, 0.717) is 55.2 Å². The topological polar surface area (TPSA) is 53.5 Å². The van der Waals surface area contributed by atoms with Crippen LogP contribution < -0.4 is 4.90 Å². The van der Waals surface area contributed by atoms with Crippen LogP contribution in [0.1, 0.15) is 32.7 Å². The van der Waals surface area contributed by atoms with Gasteiger partial charge in [-0.15, -0.1) is 0 Å². The van der Waals surface area contributed by atoms with Crippen LogP contribution in [-0.2, 0) is 6.42 Å². The lowest BCUT2D eigenvalue weighted by Crippen LogP contribution is -2.49. The molecule has 5 nitrogen and oxygen atoms in total. The molecule has 4 rings (SSSR count). The molecule has 1 fully saturated rings. The average Bonchev–Trinajstić information content (AvgIpc) is 3.03. The van der Waals surface area contributed by atoms with Gasteiger partial charge in [-0.2, -0.15) is 0 Å².